The lowest BCUT2D eigenvalue weighted by molar-refractivity contribution is 0.276. The average molecular weight is 492 g/mol. The van der Waals surface area contributed by atoms with Gasteiger partial charge in [0.15, 0.2) is 0 Å². The first-order valence-corrected chi connectivity index (χ1v) is 14.8. The molecule has 0 aromatic carbocycles. The molecule has 7 heteroatoms. The summed E-state index contributed by atoms with van der Waals surface area (Å²) in [4.78, 5) is 11.5. The van der Waals surface area contributed by atoms with E-state index in [-0.39, 0.29) is 0 Å². The Hall–Kier alpha value is -1.47. The molecular formula is C27H49N5OS. The maximum absolute atomic E-state index is 12.2. The van der Waals surface area contributed by atoms with Gasteiger partial charge in [0, 0.05) is 38.5 Å². The molecule has 194 valence electrons. The van der Waals surface area contributed by atoms with E-state index < -0.39 is 11.0 Å². The molecule has 1 atom stereocenters. The van der Waals surface area contributed by atoms with Crippen molar-refractivity contribution in [1.82, 2.24) is 14.9 Å². The number of nitrogens with zero attached hydrogens (tertiary/aromatic N) is 3. The van der Waals surface area contributed by atoms with Crippen molar-refractivity contribution in [2.24, 2.45) is 21.8 Å². The number of guanidine groups is 1. The zero-order valence-corrected chi connectivity index (χ0v) is 23.0. The summed E-state index contributed by atoms with van der Waals surface area (Å²) in [7, 11) is 3.22. The van der Waals surface area contributed by atoms with Gasteiger partial charge in [-0.15, -0.1) is 0 Å². The number of allylic oxidation sites excluding steroid dienone is 3. The van der Waals surface area contributed by atoms with Crippen LogP contribution in [-0.2, 0) is 11.0 Å². The van der Waals surface area contributed by atoms with E-state index in [1.54, 1.807) is 0 Å². The van der Waals surface area contributed by atoms with Gasteiger partial charge in [0.25, 0.3) is 0 Å². The SMILES string of the molecule is C/C=C\C/C=C1\CN=C(NCC2CCC(CNS(=O)CCCCCCCC)CC2)N=C1N(C)C. The Balaban J connectivity index is 1.63. The second kappa shape index (κ2) is 17.0. The Morgan fingerprint density at radius 1 is 1.03 bits per heavy atom. The molecule has 1 unspecified atom stereocenters. The Bertz CT molecular complexity index is 721. The van der Waals surface area contributed by atoms with Crippen LogP contribution in [0, 0.1) is 11.8 Å². The van der Waals surface area contributed by atoms with E-state index in [2.05, 4.69) is 45.1 Å². The van der Waals surface area contributed by atoms with Crippen LogP contribution in [0.2, 0.25) is 0 Å². The lowest BCUT2D eigenvalue weighted by Gasteiger charge is -2.29. The number of rotatable bonds is 14. The second-order valence-electron chi connectivity index (χ2n) is 9.94. The Morgan fingerprint density at radius 2 is 1.71 bits per heavy atom. The fourth-order valence-electron chi connectivity index (χ4n) is 4.59. The smallest absolute Gasteiger partial charge is 0.220 e. The van der Waals surface area contributed by atoms with Gasteiger partial charge in [-0.2, -0.15) is 4.99 Å². The van der Waals surface area contributed by atoms with Crippen molar-refractivity contribution in [3.63, 3.8) is 0 Å². The molecule has 34 heavy (non-hydrogen) atoms. The predicted molar refractivity (Wildman–Crippen MR) is 149 cm³/mol. The van der Waals surface area contributed by atoms with Gasteiger partial charge in [-0.3, -0.25) is 0 Å². The van der Waals surface area contributed by atoms with Gasteiger partial charge in [-0.05, 0) is 57.3 Å². The first-order chi connectivity index (χ1) is 16.5. The first kappa shape index (κ1) is 28.8. The lowest BCUT2D eigenvalue weighted by atomic mass is 9.82. The zero-order chi connectivity index (χ0) is 24.6. The average Bonchev–Trinajstić information content (AvgIpc) is 2.84. The van der Waals surface area contributed by atoms with Crippen molar-refractivity contribution in [3.05, 3.63) is 23.8 Å². The highest BCUT2D eigenvalue weighted by atomic mass is 32.2. The van der Waals surface area contributed by atoms with Crippen molar-refractivity contribution in [3.8, 4) is 0 Å². The highest BCUT2D eigenvalue weighted by Crippen LogP contribution is 2.28. The maximum atomic E-state index is 12.2. The van der Waals surface area contributed by atoms with Crippen LogP contribution in [0.3, 0.4) is 0 Å². The topological polar surface area (TPSA) is 69.1 Å². The van der Waals surface area contributed by atoms with Crippen molar-refractivity contribution in [1.29, 1.82) is 0 Å². The first-order valence-electron chi connectivity index (χ1n) is 13.5. The molecule has 0 aromatic rings. The number of unbranched alkanes of at least 4 members (excludes halogenated alkanes) is 5. The predicted octanol–water partition coefficient (Wildman–Crippen LogP) is 5.22. The van der Waals surface area contributed by atoms with Crippen LogP contribution < -0.4 is 10.0 Å². The van der Waals surface area contributed by atoms with E-state index >= 15 is 0 Å². The fourth-order valence-corrected chi connectivity index (χ4v) is 5.63. The van der Waals surface area contributed by atoms with Crippen LogP contribution in [0.5, 0.6) is 0 Å². The van der Waals surface area contributed by atoms with E-state index in [1.807, 2.05) is 21.0 Å². The largest absolute Gasteiger partial charge is 0.362 e. The van der Waals surface area contributed by atoms with Crippen LogP contribution in [0.1, 0.15) is 84.5 Å². The molecule has 2 aliphatic rings. The van der Waals surface area contributed by atoms with Gasteiger partial charge < -0.3 is 10.2 Å². The minimum absolute atomic E-state index is 0.653. The molecular weight excluding hydrogens is 442 g/mol. The monoisotopic (exact) mass is 491 g/mol. The van der Waals surface area contributed by atoms with E-state index in [0.717, 1.165) is 43.5 Å². The molecule has 0 amide bonds. The normalized spacial score (nSPS) is 23.1. The Morgan fingerprint density at radius 3 is 2.38 bits per heavy atom. The second-order valence-corrected chi connectivity index (χ2v) is 11.3. The van der Waals surface area contributed by atoms with Gasteiger partial charge in [-0.1, -0.05) is 57.3 Å². The summed E-state index contributed by atoms with van der Waals surface area (Å²) in [6.07, 6.45) is 19.7. The van der Waals surface area contributed by atoms with Crippen molar-refractivity contribution >= 4 is 22.8 Å². The fraction of sp³-hybridized carbons (Fsp3) is 0.778. The summed E-state index contributed by atoms with van der Waals surface area (Å²) in [5, 5.41) is 3.50. The van der Waals surface area contributed by atoms with Gasteiger partial charge in [0.1, 0.15) is 5.84 Å². The molecule has 0 saturated heterocycles. The minimum atomic E-state index is -0.863. The summed E-state index contributed by atoms with van der Waals surface area (Å²) in [5.41, 5.74) is 1.19. The zero-order valence-electron chi connectivity index (χ0n) is 22.2. The number of hydrogen-bond donors (Lipinski definition) is 2. The molecule has 2 rings (SSSR count). The number of aliphatic imine (C=N–C) groups is 2. The van der Waals surface area contributed by atoms with Gasteiger partial charge in [0.05, 0.1) is 17.5 Å². The van der Waals surface area contributed by atoms with Gasteiger partial charge in [0.2, 0.25) is 5.96 Å². The van der Waals surface area contributed by atoms with E-state index in [1.165, 1.54) is 63.4 Å². The molecule has 2 N–H and O–H groups in total. The van der Waals surface area contributed by atoms with Crippen LogP contribution in [0.4, 0.5) is 0 Å². The van der Waals surface area contributed by atoms with E-state index in [4.69, 9.17) is 4.99 Å². The maximum Gasteiger partial charge on any atom is 0.220 e. The summed E-state index contributed by atoms with van der Waals surface area (Å²) in [5.74, 6) is 3.89. The lowest BCUT2D eigenvalue weighted by Crippen LogP contribution is -2.37. The highest BCUT2D eigenvalue weighted by Gasteiger charge is 2.22. The molecule has 1 aliphatic heterocycles. The van der Waals surface area contributed by atoms with Crippen molar-refractivity contribution < 1.29 is 4.21 Å². The third kappa shape index (κ3) is 11.3. The summed E-state index contributed by atoms with van der Waals surface area (Å²) in [6.45, 7) is 6.80. The van der Waals surface area contributed by atoms with Crippen LogP contribution in [-0.4, -0.2) is 60.4 Å². The summed E-state index contributed by atoms with van der Waals surface area (Å²) in [6, 6.07) is 0. The molecule has 6 nitrogen and oxygen atoms in total. The van der Waals surface area contributed by atoms with Crippen molar-refractivity contribution in [2.75, 3.05) is 39.5 Å². The molecule has 0 spiro atoms. The van der Waals surface area contributed by atoms with Crippen LogP contribution >= 0.6 is 0 Å². The van der Waals surface area contributed by atoms with Crippen molar-refractivity contribution in [2.45, 2.75) is 84.5 Å². The Labute approximate surface area is 211 Å². The standard InChI is InChI=1S/C27H49N5OS/c1-5-7-9-10-11-13-19-34(33)30-21-24-17-15-23(16-18-24)20-28-27-29-22-25(14-12-8-6-2)26(31-27)32(3)4/h6,8,14,23-24,30H,5,7,9-13,15-22H2,1-4H3,(H,28,29)/b8-6-,25-14+. The molecule has 1 saturated carbocycles. The highest BCUT2D eigenvalue weighted by molar-refractivity contribution is 7.83. The number of likely N-dealkylation sites (N-methyl/N-ethyl adjacent to an activating group) is 1. The molecule has 1 fully saturated rings. The third-order valence-corrected chi connectivity index (χ3v) is 7.94. The number of hydrogen-bond acceptors (Lipinski definition) is 5. The van der Waals surface area contributed by atoms with E-state index in [0.29, 0.717) is 18.4 Å². The molecule has 1 heterocycles. The molecule has 0 aromatic heterocycles. The third-order valence-electron chi connectivity index (χ3n) is 6.79. The van der Waals surface area contributed by atoms with E-state index in [9.17, 15) is 4.21 Å². The van der Waals surface area contributed by atoms with Crippen LogP contribution in [0.25, 0.3) is 0 Å². The summed E-state index contributed by atoms with van der Waals surface area (Å²) >= 11 is 0. The number of nitrogens with one attached hydrogen (secondary N) is 2. The minimum Gasteiger partial charge on any atom is -0.362 e. The van der Waals surface area contributed by atoms with Gasteiger partial charge in [-0.25, -0.2) is 13.9 Å². The van der Waals surface area contributed by atoms with Crippen LogP contribution in [0.15, 0.2) is 33.8 Å². The number of amidine groups is 1. The Kier molecular flexibility index (Phi) is 14.4. The molecule has 1 aliphatic carbocycles. The van der Waals surface area contributed by atoms with Gasteiger partial charge >= 0.3 is 0 Å². The molecule has 0 bridgehead atoms. The molecule has 0 radical (unpaired) electrons. The summed E-state index contributed by atoms with van der Waals surface area (Å²) < 4.78 is 15.5. The quantitative estimate of drug-likeness (QED) is 0.259.